The molecular weight excluding hydrogens is 277 g/mol. The zero-order chi connectivity index (χ0) is 13.1. The molecule has 4 nitrogen and oxygen atoms in total. The monoisotopic (exact) mass is 283 g/mol. The molecule has 0 aliphatic heterocycles. The molecule has 0 amide bonds. The summed E-state index contributed by atoms with van der Waals surface area (Å²) in [7, 11) is 0. The molecule has 0 saturated heterocycles. The lowest BCUT2D eigenvalue weighted by Crippen LogP contribution is -2.01. The molecule has 1 aromatic carbocycles. The summed E-state index contributed by atoms with van der Waals surface area (Å²) in [4.78, 5) is 14.8. The molecule has 1 aromatic heterocycles. The molecule has 0 atom stereocenters. The highest BCUT2D eigenvalue weighted by atomic mass is 35.5. The molecule has 0 fully saturated rings. The van der Waals surface area contributed by atoms with Gasteiger partial charge in [-0.15, -0.1) is 0 Å². The van der Waals surface area contributed by atoms with Crippen LogP contribution < -0.4 is 4.74 Å². The van der Waals surface area contributed by atoms with E-state index in [1.807, 2.05) is 0 Å². The molecule has 92 valence electrons. The van der Waals surface area contributed by atoms with Crippen molar-refractivity contribution < 1.29 is 14.6 Å². The highest BCUT2D eigenvalue weighted by molar-refractivity contribution is 6.42. The van der Waals surface area contributed by atoms with Crippen LogP contribution in [0.25, 0.3) is 0 Å². The molecule has 0 aliphatic rings. The van der Waals surface area contributed by atoms with Crippen molar-refractivity contribution in [2.45, 2.75) is 0 Å². The molecule has 1 heterocycles. The number of rotatable bonds is 3. The van der Waals surface area contributed by atoms with Gasteiger partial charge in [0.2, 0.25) is 5.88 Å². The molecule has 0 bridgehead atoms. The number of hydrogen-bond donors (Lipinski definition) is 1. The van der Waals surface area contributed by atoms with Crippen LogP contribution in [0.3, 0.4) is 0 Å². The summed E-state index contributed by atoms with van der Waals surface area (Å²) in [5, 5.41) is 9.69. The minimum Gasteiger partial charge on any atom is -0.477 e. The molecule has 0 unspecified atom stereocenters. The van der Waals surface area contributed by atoms with Crippen LogP contribution in [-0.4, -0.2) is 16.1 Å². The van der Waals surface area contributed by atoms with Crippen LogP contribution in [0.5, 0.6) is 11.6 Å². The predicted octanol–water partition coefficient (Wildman–Crippen LogP) is 3.88. The number of carbonyl (C=O) groups is 1. The summed E-state index contributed by atoms with van der Waals surface area (Å²) in [5.74, 6) is -0.743. The van der Waals surface area contributed by atoms with Crippen LogP contribution in [0.15, 0.2) is 36.5 Å². The van der Waals surface area contributed by atoms with E-state index in [2.05, 4.69) is 4.98 Å². The molecule has 6 heteroatoms. The van der Waals surface area contributed by atoms with Crippen LogP contribution in [0.4, 0.5) is 0 Å². The molecular formula is C12H7Cl2NO3. The van der Waals surface area contributed by atoms with Crippen molar-refractivity contribution >= 4 is 29.2 Å². The first-order chi connectivity index (χ1) is 8.58. The number of ether oxygens (including phenoxy) is 1. The minimum absolute atomic E-state index is 0.00314. The van der Waals surface area contributed by atoms with Gasteiger partial charge in [-0.25, -0.2) is 9.78 Å². The summed E-state index contributed by atoms with van der Waals surface area (Å²) in [6.07, 6.45) is 1.44. The molecule has 1 N–H and O–H groups in total. The number of carboxylic acid groups (broad SMARTS) is 1. The Kier molecular flexibility index (Phi) is 3.69. The van der Waals surface area contributed by atoms with E-state index in [1.54, 1.807) is 12.1 Å². The first kappa shape index (κ1) is 12.7. The van der Waals surface area contributed by atoms with Gasteiger partial charge in [-0.05, 0) is 24.3 Å². The van der Waals surface area contributed by atoms with Crippen LogP contribution >= 0.6 is 23.2 Å². The Morgan fingerprint density at radius 1 is 1.22 bits per heavy atom. The first-order valence-electron chi connectivity index (χ1n) is 4.89. The highest BCUT2D eigenvalue weighted by Gasteiger charge is 2.13. The second-order valence-corrected chi connectivity index (χ2v) is 4.15. The van der Waals surface area contributed by atoms with E-state index in [0.717, 1.165) is 0 Å². The molecule has 0 spiro atoms. The molecule has 2 rings (SSSR count). The fourth-order valence-electron chi connectivity index (χ4n) is 1.29. The van der Waals surface area contributed by atoms with Crippen molar-refractivity contribution in [1.82, 2.24) is 4.98 Å². The summed E-state index contributed by atoms with van der Waals surface area (Å²) in [6, 6.07) is 7.55. The van der Waals surface area contributed by atoms with Crippen LogP contribution in [0.2, 0.25) is 10.0 Å². The van der Waals surface area contributed by atoms with E-state index in [-0.39, 0.29) is 11.4 Å². The van der Waals surface area contributed by atoms with E-state index >= 15 is 0 Å². The Hall–Kier alpha value is -1.78. The van der Waals surface area contributed by atoms with Gasteiger partial charge >= 0.3 is 5.97 Å². The summed E-state index contributed by atoms with van der Waals surface area (Å²) in [5.41, 5.74) is -0.0245. The van der Waals surface area contributed by atoms with Gasteiger partial charge < -0.3 is 9.84 Å². The molecule has 0 aliphatic carbocycles. The minimum atomic E-state index is -1.11. The van der Waals surface area contributed by atoms with Crippen LogP contribution in [0, 0.1) is 0 Å². The molecule has 0 saturated carbocycles. The number of hydrogen-bond acceptors (Lipinski definition) is 3. The maximum absolute atomic E-state index is 11.0. The SMILES string of the molecule is O=C(O)c1cccnc1Oc1ccc(Cl)c(Cl)c1. The van der Waals surface area contributed by atoms with E-state index in [4.69, 9.17) is 33.0 Å². The number of pyridine rings is 1. The lowest BCUT2D eigenvalue weighted by Gasteiger charge is -2.07. The van der Waals surface area contributed by atoms with Crippen molar-refractivity contribution in [3.63, 3.8) is 0 Å². The number of aromatic carboxylic acids is 1. The van der Waals surface area contributed by atoms with Gasteiger partial charge in [-0.1, -0.05) is 23.2 Å². The average molecular weight is 284 g/mol. The lowest BCUT2D eigenvalue weighted by atomic mass is 10.3. The molecule has 0 radical (unpaired) electrons. The third-order valence-corrected chi connectivity index (χ3v) is 2.85. The van der Waals surface area contributed by atoms with E-state index < -0.39 is 5.97 Å². The number of benzene rings is 1. The Labute approximate surface area is 113 Å². The van der Waals surface area contributed by atoms with Gasteiger partial charge in [0.25, 0.3) is 0 Å². The average Bonchev–Trinajstić information content (AvgIpc) is 2.34. The van der Waals surface area contributed by atoms with Crippen molar-refractivity contribution in [2.75, 3.05) is 0 Å². The maximum Gasteiger partial charge on any atom is 0.341 e. The fraction of sp³-hybridized carbons (Fsp3) is 0. The van der Waals surface area contributed by atoms with Gasteiger partial charge in [0.15, 0.2) is 0 Å². The second kappa shape index (κ2) is 5.25. The summed E-state index contributed by atoms with van der Waals surface area (Å²) in [6.45, 7) is 0. The van der Waals surface area contributed by atoms with Gasteiger partial charge in [0, 0.05) is 12.3 Å². The summed E-state index contributed by atoms with van der Waals surface area (Å²) >= 11 is 11.6. The molecule has 2 aromatic rings. The number of carboxylic acids is 1. The zero-order valence-electron chi connectivity index (χ0n) is 8.93. The maximum atomic E-state index is 11.0. The standard InChI is InChI=1S/C12H7Cl2NO3/c13-9-4-3-7(6-10(9)14)18-11-8(12(16)17)2-1-5-15-11/h1-6H,(H,16,17). The van der Waals surface area contributed by atoms with E-state index in [0.29, 0.717) is 15.8 Å². The number of aromatic nitrogens is 1. The topological polar surface area (TPSA) is 59.4 Å². The second-order valence-electron chi connectivity index (χ2n) is 3.34. The Balaban J connectivity index is 2.34. The van der Waals surface area contributed by atoms with Crippen molar-refractivity contribution in [3.05, 3.63) is 52.1 Å². The normalized spacial score (nSPS) is 10.1. The third kappa shape index (κ3) is 2.72. The highest BCUT2D eigenvalue weighted by Crippen LogP contribution is 2.29. The smallest absolute Gasteiger partial charge is 0.341 e. The third-order valence-electron chi connectivity index (χ3n) is 2.11. The lowest BCUT2D eigenvalue weighted by molar-refractivity contribution is 0.0693. The number of nitrogens with zero attached hydrogens (tertiary/aromatic N) is 1. The Morgan fingerprint density at radius 3 is 2.67 bits per heavy atom. The quantitative estimate of drug-likeness (QED) is 0.929. The summed E-state index contributed by atoms with van der Waals surface area (Å²) < 4.78 is 5.37. The zero-order valence-corrected chi connectivity index (χ0v) is 10.4. The fourth-order valence-corrected chi connectivity index (χ4v) is 1.57. The van der Waals surface area contributed by atoms with E-state index in [9.17, 15) is 4.79 Å². The van der Waals surface area contributed by atoms with Crippen molar-refractivity contribution in [3.8, 4) is 11.6 Å². The first-order valence-corrected chi connectivity index (χ1v) is 5.65. The van der Waals surface area contributed by atoms with E-state index in [1.165, 1.54) is 24.4 Å². The van der Waals surface area contributed by atoms with Crippen molar-refractivity contribution in [1.29, 1.82) is 0 Å². The van der Waals surface area contributed by atoms with Gasteiger partial charge in [0.05, 0.1) is 10.0 Å². The van der Waals surface area contributed by atoms with Gasteiger partial charge in [-0.3, -0.25) is 0 Å². The number of halogens is 2. The molecule has 18 heavy (non-hydrogen) atoms. The van der Waals surface area contributed by atoms with Crippen molar-refractivity contribution in [2.24, 2.45) is 0 Å². The van der Waals surface area contributed by atoms with Gasteiger partial charge in [-0.2, -0.15) is 0 Å². The Morgan fingerprint density at radius 2 is 2.00 bits per heavy atom. The van der Waals surface area contributed by atoms with Crippen LogP contribution in [0.1, 0.15) is 10.4 Å². The largest absolute Gasteiger partial charge is 0.477 e. The van der Waals surface area contributed by atoms with Crippen LogP contribution in [-0.2, 0) is 0 Å². The Bertz CT molecular complexity index is 602. The predicted molar refractivity (Wildman–Crippen MR) is 67.7 cm³/mol. The van der Waals surface area contributed by atoms with Gasteiger partial charge in [0.1, 0.15) is 11.3 Å².